The Morgan fingerprint density at radius 2 is 1.07 bits per heavy atom. The number of hydrogen-bond acceptors (Lipinski definition) is 2. The lowest BCUT2D eigenvalue weighted by Crippen LogP contribution is -2.69. The third-order valence-corrected chi connectivity index (χ3v) is 5.44. The van der Waals surface area contributed by atoms with Crippen molar-refractivity contribution in [2.45, 2.75) is 66.5 Å². The summed E-state index contributed by atoms with van der Waals surface area (Å²) in [7, 11) is 0. The first-order chi connectivity index (χ1) is 6.46. The Hall–Kier alpha value is -0.0800. The van der Waals surface area contributed by atoms with Gasteiger partial charge in [0.15, 0.2) is 0 Å². The molecular formula is C13H27NO. The summed E-state index contributed by atoms with van der Waals surface area (Å²) in [6.07, 6.45) is 0. The number of piperidine rings is 1. The van der Waals surface area contributed by atoms with Gasteiger partial charge in [0.25, 0.3) is 0 Å². The molecule has 1 heterocycles. The maximum atomic E-state index is 10.4. The van der Waals surface area contributed by atoms with Crippen molar-refractivity contribution in [1.82, 2.24) is 5.06 Å². The first-order valence-electron chi connectivity index (χ1n) is 5.96. The first kappa shape index (κ1) is 13.0. The third kappa shape index (κ3) is 1.53. The Bertz CT molecular complexity index is 194. The standard InChI is InChI=1S/C13H27NO/c1-9-11(3,4)10(2)13(7,8)14(15)12(9,5)6/h9-10,15H,1-8H3. The van der Waals surface area contributed by atoms with Gasteiger partial charge in [0.1, 0.15) is 0 Å². The van der Waals surface area contributed by atoms with E-state index in [9.17, 15) is 5.21 Å². The van der Waals surface area contributed by atoms with Crippen LogP contribution in [-0.4, -0.2) is 21.3 Å². The van der Waals surface area contributed by atoms with E-state index in [-0.39, 0.29) is 16.5 Å². The van der Waals surface area contributed by atoms with Crippen LogP contribution in [0.3, 0.4) is 0 Å². The van der Waals surface area contributed by atoms with Crippen molar-refractivity contribution in [2.75, 3.05) is 0 Å². The zero-order valence-corrected chi connectivity index (χ0v) is 11.5. The van der Waals surface area contributed by atoms with E-state index in [4.69, 9.17) is 0 Å². The third-order valence-electron chi connectivity index (χ3n) is 5.44. The average molecular weight is 213 g/mol. The van der Waals surface area contributed by atoms with Crippen LogP contribution in [0.5, 0.6) is 0 Å². The second-order valence-corrected chi connectivity index (χ2v) is 6.88. The molecule has 90 valence electrons. The highest BCUT2D eigenvalue weighted by atomic mass is 16.5. The van der Waals surface area contributed by atoms with Crippen LogP contribution in [0.4, 0.5) is 0 Å². The molecule has 1 fully saturated rings. The minimum atomic E-state index is -0.167. The minimum absolute atomic E-state index is 0.167. The predicted molar refractivity (Wildman–Crippen MR) is 63.9 cm³/mol. The zero-order valence-electron chi connectivity index (χ0n) is 11.5. The van der Waals surface area contributed by atoms with Crippen LogP contribution in [-0.2, 0) is 0 Å². The Labute approximate surface area is 94.6 Å². The van der Waals surface area contributed by atoms with Crippen molar-refractivity contribution >= 4 is 0 Å². The molecule has 2 nitrogen and oxygen atoms in total. The molecule has 1 saturated heterocycles. The van der Waals surface area contributed by atoms with Crippen molar-refractivity contribution in [3.63, 3.8) is 0 Å². The van der Waals surface area contributed by atoms with Gasteiger partial charge in [0, 0.05) is 11.1 Å². The molecule has 0 aliphatic carbocycles. The molecule has 0 spiro atoms. The monoisotopic (exact) mass is 213 g/mol. The number of hydroxylamine groups is 2. The van der Waals surface area contributed by atoms with Gasteiger partial charge in [-0.3, -0.25) is 0 Å². The molecule has 0 aromatic heterocycles. The smallest absolute Gasteiger partial charge is 0.0441 e. The molecule has 2 heteroatoms. The van der Waals surface area contributed by atoms with Gasteiger partial charge in [-0.1, -0.05) is 27.7 Å². The highest BCUT2D eigenvalue weighted by Crippen LogP contribution is 2.53. The maximum Gasteiger partial charge on any atom is 0.0441 e. The van der Waals surface area contributed by atoms with E-state index >= 15 is 0 Å². The molecule has 0 aromatic rings. The zero-order chi connectivity index (χ0) is 12.2. The molecule has 15 heavy (non-hydrogen) atoms. The number of hydrogen-bond donors (Lipinski definition) is 1. The van der Waals surface area contributed by atoms with E-state index in [2.05, 4.69) is 55.4 Å². The minimum Gasteiger partial charge on any atom is -0.313 e. The summed E-state index contributed by atoms with van der Waals surface area (Å²) in [5.74, 6) is 0.913. The lowest BCUT2D eigenvalue weighted by Gasteiger charge is -2.62. The van der Waals surface area contributed by atoms with Crippen molar-refractivity contribution in [2.24, 2.45) is 17.3 Å². The highest BCUT2D eigenvalue weighted by Gasteiger charge is 2.57. The molecule has 1 rings (SSSR count). The van der Waals surface area contributed by atoms with E-state index in [0.717, 1.165) is 0 Å². The lowest BCUT2D eigenvalue weighted by atomic mass is 9.55. The molecule has 1 aliphatic rings. The van der Waals surface area contributed by atoms with E-state index < -0.39 is 0 Å². The lowest BCUT2D eigenvalue weighted by molar-refractivity contribution is -0.300. The van der Waals surface area contributed by atoms with Gasteiger partial charge in [-0.15, -0.1) is 0 Å². The van der Waals surface area contributed by atoms with Crippen molar-refractivity contribution in [3.05, 3.63) is 0 Å². The summed E-state index contributed by atoms with van der Waals surface area (Å²) < 4.78 is 0. The van der Waals surface area contributed by atoms with E-state index in [1.54, 1.807) is 5.06 Å². The molecule has 0 aromatic carbocycles. The molecular weight excluding hydrogens is 186 g/mol. The van der Waals surface area contributed by atoms with Crippen LogP contribution in [0.25, 0.3) is 0 Å². The van der Waals surface area contributed by atoms with Gasteiger partial charge < -0.3 is 5.21 Å². The van der Waals surface area contributed by atoms with Gasteiger partial charge in [-0.05, 0) is 44.9 Å². The Kier molecular flexibility index (Phi) is 2.78. The van der Waals surface area contributed by atoms with Crippen LogP contribution in [0.1, 0.15) is 55.4 Å². The van der Waals surface area contributed by atoms with E-state index in [1.807, 2.05) is 0 Å². The Morgan fingerprint density at radius 3 is 1.33 bits per heavy atom. The molecule has 0 saturated carbocycles. The summed E-state index contributed by atoms with van der Waals surface area (Å²) in [6, 6.07) is 0. The number of rotatable bonds is 0. The van der Waals surface area contributed by atoms with Crippen molar-refractivity contribution in [3.8, 4) is 0 Å². The van der Waals surface area contributed by atoms with Crippen LogP contribution in [0, 0.1) is 17.3 Å². The van der Waals surface area contributed by atoms with E-state index in [1.165, 1.54) is 0 Å². The predicted octanol–water partition coefficient (Wildman–Crippen LogP) is 3.55. The van der Waals surface area contributed by atoms with Crippen LogP contribution < -0.4 is 0 Å². The molecule has 2 unspecified atom stereocenters. The normalized spacial score (nSPS) is 39.0. The average Bonchev–Trinajstić information content (AvgIpc) is 2.12. The quantitative estimate of drug-likeness (QED) is 0.665. The van der Waals surface area contributed by atoms with Gasteiger partial charge in [-0.2, -0.15) is 5.06 Å². The van der Waals surface area contributed by atoms with Crippen molar-refractivity contribution < 1.29 is 5.21 Å². The Morgan fingerprint density at radius 1 is 0.800 bits per heavy atom. The molecule has 0 bridgehead atoms. The number of nitrogens with zero attached hydrogens (tertiary/aromatic N) is 1. The SMILES string of the molecule is CC1C(C)(C)C(C)C(C)(C)N(O)C1(C)C. The summed E-state index contributed by atoms with van der Waals surface area (Å²) in [5, 5.41) is 11.9. The summed E-state index contributed by atoms with van der Waals surface area (Å²) in [4.78, 5) is 0. The van der Waals surface area contributed by atoms with Gasteiger partial charge >= 0.3 is 0 Å². The molecule has 1 aliphatic heterocycles. The first-order valence-corrected chi connectivity index (χ1v) is 5.96. The molecule has 0 amide bonds. The highest BCUT2D eigenvalue weighted by molar-refractivity contribution is 5.07. The van der Waals surface area contributed by atoms with Crippen LogP contribution in [0.15, 0.2) is 0 Å². The van der Waals surface area contributed by atoms with Gasteiger partial charge in [-0.25, -0.2) is 0 Å². The molecule has 1 N–H and O–H groups in total. The van der Waals surface area contributed by atoms with Crippen LogP contribution >= 0.6 is 0 Å². The van der Waals surface area contributed by atoms with Gasteiger partial charge in [0.2, 0.25) is 0 Å². The van der Waals surface area contributed by atoms with Crippen molar-refractivity contribution in [1.29, 1.82) is 0 Å². The van der Waals surface area contributed by atoms with E-state index in [0.29, 0.717) is 11.8 Å². The second kappa shape index (κ2) is 3.21. The molecule has 0 radical (unpaired) electrons. The summed E-state index contributed by atoms with van der Waals surface area (Å²) in [6.45, 7) is 17.7. The fourth-order valence-electron chi connectivity index (χ4n) is 3.31. The van der Waals surface area contributed by atoms with Gasteiger partial charge in [0.05, 0.1) is 0 Å². The largest absolute Gasteiger partial charge is 0.313 e. The fraction of sp³-hybridized carbons (Fsp3) is 1.00. The summed E-state index contributed by atoms with van der Waals surface area (Å²) >= 11 is 0. The van der Waals surface area contributed by atoms with Crippen LogP contribution in [0.2, 0.25) is 0 Å². The molecule has 2 atom stereocenters. The summed E-state index contributed by atoms with van der Waals surface area (Å²) in [5.41, 5.74) is -0.0920. The fourth-order valence-corrected chi connectivity index (χ4v) is 3.31. The Balaban J connectivity index is 3.24. The second-order valence-electron chi connectivity index (χ2n) is 6.88. The maximum absolute atomic E-state index is 10.4. The topological polar surface area (TPSA) is 23.5 Å².